The lowest BCUT2D eigenvalue weighted by Crippen LogP contribution is -2.35. The van der Waals surface area contributed by atoms with Gasteiger partial charge in [-0.2, -0.15) is 0 Å². The molecule has 0 saturated carbocycles. The van der Waals surface area contributed by atoms with Crippen LogP contribution < -0.4 is 10.2 Å². The number of para-hydroxylation sites is 1. The maximum atomic E-state index is 12.0. The predicted molar refractivity (Wildman–Crippen MR) is 78.3 cm³/mol. The standard InChI is InChI=1S/C15H23N3O/c1-3-16-11-13-7-4-5-8-14(13)18-10-6-9-17(2)15(19)12-18/h4-5,7-8,16H,3,6,9-12H2,1-2H3. The van der Waals surface area contributed by atoms with E-state index >= 15 is 0 Å². The summed E-state index contributed by atoms with van der Waals surface area (Å²) in [5.41, 5.74) is 2.45. The first-order valence-electron chi connectivity index (χ1n) is 7.00. The summed E-state index contributed by atoms with van der Waals surface area (Å²) in [5, 5.41) is 3.36. The third-order valence-electron chi connectivity index (χ3n) is 3.57. The zero-order valence-electron chi connectivity index (χ0n) is 11.9. The quantitative estimate of drug-likeness (QED) is 0.891. The molecule has 2 rings (SSSR count). The van der Waals surface area contributed by atoms with Crippen LogP contribution in [0.1, 0.15) is 18.9 Å². The molecule has 19 heavy (non-hydrogen) atoms. The number of hydrogen-bond acceptors (Lipinski definition) is 3. The largest absolute Gasteiger partial charge is 0.362 e. The molecule has 1 amide bonds. The van der Waals surface area contributed by atoms with Crippen LogP contribution in [-0.4, -0.2) is 44.0 Å². The van der Waals surface area contributed by atoms with Crippen molar-refractivity contribution in [3.8, 4) is 0 Å². The smallest absolute Gasteiger partial charge is 0.241 e. The summed E-state index contributed by atoms with van der Waals surface area (Å²) in [5.74, 6) is 0.204. The normalized spacial score (nSPS) is 16.6. The molecule has 1 saturated heterocycles. The van der Waals surface area contributed by atoms with E-state index in [4.69, 9.17) is 0 Å². The lowest BCUT2D eigenvalue weighted by molar-refractivity contribution is -0.127. The number of nitrogens with zero attached hydrogens (tertiary/aromatic N) is 2. The number of amides is 1. The molecule has 0 aliphatic carbocycles. The van der Waals surface area contributed by atoms with Gasteiger partial charge in [0.05, 0.1) is 6.54 Å². The second-order valence-electron chi connectivity index (χ2n) is 5.00. The Labute approximate surface area is 115 Å². The van der Waals surface area contributed by atoms with Gasteiger partial charge in [0.25, 0.3) is 0 Å². The molecule has 0 bridgehead atoms. The van der Waals surface area contributed by atoms with Crippen molar-refractivity contribution in [2.24, 2.45) is 0 Å². The van der Waals surface area contributed by atoms with Crippen molar-refractivity contribution in [1.29, 1.82) is 0 Å². The van der Waals surface area contributed by atoms with Crippen LogP contribution in [0.2, 0.25) is 0 Å². The Kier molecular flexibility index (Phi) is 4.80. The molecule has 1 fully saturated rings. The topological polar surface area (TPSA) is 35.6 Å². The molecule has 1 aromatic rings. The number of likely N-dealkylation sites (N-methyl/N-ethyl adjacent to an activating group) is 1. The third-order valence-corrected chi connectivity index (χ3v) is 3.57. The van der Waals surface area contributed by atoms with Crippen molar-refractivity contribution in [2.75, 3.05) is 38.1 Å². The van der Waals surface area contributed by atoms with E-state index in [9.17, 15) is 4.79 Å². The highest BCUT2D eigenvalue weighted by Gasteiger charge is 2.20. The van der Waals surface area contributed by atoms with Crippen LogP contribution in [0, 0.1) is 0 Å². The van der Waals surface area contributed by atoms with Crippen molar-refractivity contribution in [1.82, 2.24) is 10.2 Å². The Balaban J connectivity index is 2.18. The van der Waals surface area contributed by atoms with Crippen LogP contribution in [0.5, 0.6) is 0 Å². The molecule has 4 nitrogen and oxygen atoms in total. The maximum absolute atomic E-state index is 12.0. The van der Waals surface area contributed by atoms with Gasteiger partial charge in [-0.05, 0) is 24.6 Å². The summed E-state index contributed by atoms with van der Waals surface area (Å²) in [6.45, 7) is 6.19. The monoisotopic (exact) mass is 261 g/mol. The van der Waals surface area contributed by atoms with Crippen LogP contribution in [0.4, 0.5) is 5.69 Å². The Bertz CT molecular complexity index is 433. The van der Waals surface area contributed by atoms with Crippen LogP contribution in [-0.2, 0) is 11.3 Å². The molecule has 1 aromatic carbocycles. The zero-order valence-corrected chi connectivity index (χ0v) is 11.9. The molecule has 0 radical (unpaired) electrons. The minimum atomic E-state index is 0.204. The summed E-state index contributed by atoms with van der Waals surface area (Å²) in [6, 6.07) is 8.36. The third kappa shape index (κ3) is 3.47. The molecule has 4 heteroatoms. The van der Waals surface area contributed by atoms with E-state index in [-0.39, 0.29) is 5.91 Å². The Morgan fingerprint density at radius 3 is 2.84 bits per heavy atom. The van der Waals surface area contributed by atoms with Gasteiger partial charge >= 0.3 is 0 Å². The zero-order chi connectivity index (χ0) is 13.7. The molecule has 0 spiro atoms. The van der Waals surface area contributed by atoms with Crippen molar-refractivity contribution < 1.29 is 4.79 Å². The fourth-order valence-corrected chi connectivity index (χ4v) is 2.42. The molecule has 1 heterocycles. The second kappa shape index (κ2) is 6.57. The fraction of sp³-hybridized carbons (Fsp3) is 0.533. The number of rotatable bonds is 4. The maximum Gasteiger partial charge on any atom is 0.241 e. The van der Waals surface area contributed by atoms with Crippen LogP contribution in [0.3, 0.4) is 0 Å². The van der Waals surface area contributed by atoms with Crippen LogP contribution in [0.15, 0.2) is 24.3 Å². The predicted octanol–water partition coefficient (Wildman–Crippen LogP) is 1.46. The van der Waals surface area contributed by atoms with Crippen LogP contribution in [0.25, 0.3) is 0 Å². The van der Waals surface area contributed by atoms with Gasteiger partial charge in [0.15, 0.2) is 0 Å². The van der Waals surface area contributed by atoms with Gasteiger partial charge in [0.1, 0.15) is 0 Å². The van der Waals surface area contributed by atoms with E-state index in [2.05, 4.69) is 35.3 Å². The summed E-state index contributed by atoms with van der Waals surface area (Å²) >= 11 is 0. The van der Waals surface area contributed by atoms with E-state index in [0.29, 0.717) is 6.54 Å². The minimum Gasteiger partial charge on any atom is -0.362 e. The molecular weight excluding hydrogens is 238 g/mol. The minimum absolute atomic E-state index is 0.204. The molecule has 0 aromatic heterocycles. The summed E-state index contributed by atoms with van der Waals surface area (Å²) < 4.78 is 0. The summed E-state index contributed by atoms with van der Waals surface area (Å²) in [6.07, 6.45) is 1.03. The van der Waals surface area contributed by atoms with Gasteiger partial charge in [-0.25, -0.2) is 0 Å². The van der Waals surface area contributed by atoms with Gasteiger partial charge in [-0.1, -0.05) is 25.1 Å². The molecule has 1 aliphatic heterocycles. The number of benzene rings is 1. The molecule has 1 N–H and O–H groups in total. The van der Waals surface area contributed by atoms with Gasteiger partial charge in [-0.15, -0.1) is 0 Å². The molecule has 104 valence electrons. The Morgan fingerprint density at radius 1 is 1.26 bits per heavy atom. The number of hydrogen-bond donors (Lipinski definition) is 1. The average Bonchev–Trinajstić information content (AvgIpc) is 2.59. The van der Waals surface area contributed by atoms with Crippen molar-refractivity contribution >= 4 is 11.6 Å². The van der Waals surface area contributed by atoms with E-state index in [1.807, 2.05) is 18.0 Å². The molecule has 0 unspecified atom stereocenters. The van der Waals surface area contributed by atoms with E-state index in [0.717, 1.165) is 32.6 Å². The highest BCUT2D eigenvalue weighted by atomic mass is 16.2. The Morgan fingerprint density at radius 2 is 2.05 bits per heavy atom. The lowest BCUT2D eigenvalue weighted by Gasteiger charge is -2.24. The molecule has 1 aliphatic rings. The van der Waals surface area contributed by atoms with E-state index in [1.54, 1.807) is 0 Å². The summed E-state index contributed by atoms with van der Waals surface area (Å²) in [7, 11) is 1.89. The van der Waals surface area contributed by atoms with Gasteiger partial charge in [0, 0.05) is 32.4 Å². The Hall–Kier alpha value is -1.55. The lowest BCUT2D eigenvalue weighted by atomic mass is 10.1. The van der Waals surface area contributed by atoms with Gasteiger partial charge < -0.3 is 15.1 Å². The highest BCUT2D eigenvalue weighted by molar-refractivity contribution is 5.82. The van der Waals surface area contributed by atoms with Crippen LogP contribution >= 0.6 is 0 Å². The number of carbonyl (C=O) groups excluding carboxylic acids is 1. The SMILES string of the molecule is CCNCc1ccccc1N1CCCN(C)C(=O)C1. The highest BCUT2D eigenvalue weighted by Crippen LogP contribution is 2.21. The molecular formula is C15H23N3O. The second-order valence-corrected chi connectivity index (χ2v) is 5.00. The van der Waals surface area contributed by atoms with Gasteiger partial charge in [-0.3, -0.25) is 4.79 Å². The van der Waals surface area contributed by atoms with E-state index < -0.39 is 0 Å². The number of carbonyl (C=O) groups is 1. The number of nitrogens with one attached hydrogen (secondary N) is 1. The summed E-state index contributed by atoms with van der Waals surface area (Å²) in [4.78, 5) is 16.0. The fourth-order valence-electron chi connectivity index (χ4n) is 2.42. The van der Waals surface area contributed by atoms with Crippen molar-refractivity contribution in [2.45, 2.75) is 19.9 Å². The van der Waals surface area contributed by atoms with Crippen molar-refractivity contribution in [3.63, 3.8) is 0 Å². The first kappa shape index (κ1) is 13.9. The van der Waals surface area contributed by atoms with Gasteiger partial charge in [0.2, 0.25) is 5.91 Å². The first-order chi connectivity index (χ1) is 9.22. The average molecular weight is 261 g/mol. The van der Waals surface area contributed by atoms with E-state index in [1.165, 1.54) is 11.3 Å². The first-order valence-corrected chi connectivity index (χ1v) is 7.00. The number of anilines is 1. The molecule has 0 atom stereocenters. The van der Waals surface area contributed by atoms with Crippen molar-refractivity contribution in [3.05, 3.63) is 29.8 Å².